The second kappa shape index (κ2) is 8.50. The van der Waals surface area contributed by atoms with Gasteiger partial charge >= 0.3 is 0 Å². The summed E-state index contributed by atoms with van der Waals surface area (Å²) in [6, 6.07) is 8.20. The van der Waals surface area contributed by atoms with Crippen molar-refractivity contribution in [3.8, 4) is 5.75 Å². The van der Waals surface area contributed by atoms with Crippen molar-refractivity contribution < 1.29 is 23.8 Å². The Hall–Kier alpha value is -2.44. The van der Waals surface area contributed by atoms with E-state index in [1.807, 2.05) is 13.0 Å². The lowest BCUT2D eigenvalue weighted by molar-refractivity contribution is 0.0492. The Bertz CT molecular complexity index is 820. The van der Waals surface area contributed by atoms with Crippen molar-refractivity contribution in [2.45, 2.75) is 26.3 Å². The first-order valence-electron chi connectivity index (χ1n) is 8.96. The van der Waals surface area contributed by atoms with Gasteiger partial charge in [0.25, 0.3) is 5.91 Å². The van der Waals surface area contributed by atoms with Crippen LogP contribution in [0.2, 0.25) is 0 Å². The molecule has 0 spiro atoms. The molecule has 144 valence electrons. The summed E-state index contributed by atoms with van der Waals surface area (Å²) in [5.41, 5.74) is 4.28. The monoisotopic (exact) mass is 373 g/mol. The maximum atomic E-state index is 13.0. The summed E-state index contributed by atoms with van der Waals surface area (Å²) < 4.78 is 23.9. The summed E-state index contributed by atoms with van der Waals surface area (Å²) in [5.74, 6) is 0.335. The molecule has 5 nitrogen and oxygen atoms in total. The van der Waals surface area contributed by atoms with Gasteiger partial charge in [-0.15, -0.1) is 0 Å². The van der Waals surface area contributed by atoms with Crippen LogP contribution in [0.5, 0.6) is 5.75 Å². The van der Waals surface area contributed by atoms with Crippen molar-refractivity contribution >= 4 is 5.91 Å². The Morgan fingerprint density at radius 2 is 1.96 bits per heavy atom. The van der Waals surface area contributed by atoms with Gasteiger partial charge < -0.3 is 19.5 Å². The zero-order valence-corrected chi connectivity index (χ0v) is 15.6. The van der Waals surface area contributed by atoms with Gasteiger partial charge in [0.05, 0.1) is 6.54 Å². The first-order valence-corrected chi connectivity index (χ1v) is 8.96. The minimum Gasteiger partial charge on any atom is -0.467 e. The zero-order chi connectivity index (χ0) is 19.4. The molecule has 1 aliphatic rings. The molecule has 0 saturated carbocycles. The second-order valence-corrected chi connectivity index (χ2v) is 6.65. The van der Waals surface area contributed by atoms with Crippen molar-refractivity contribution in [3.05, 3.63) is 64.0 Å². The molecular formula is C21H24FNO4. The predicted molar refractivity (Wildman–Crippen MR) is 99.3 cm³/mol. The van der Waals surface area contributed by atoms with E-state index in [0.29, 0.717) is 37.2 Å². The van der Waals surface area contributed by atoms with Gasteiger partial charge in [-0.1, -0.05) is 12.1 Å². The topological polar surface area (TPSA) is 59.0 Å². The lowest BCUT2D eigenvalue weighted by Crippen LogP contribution is -2.26. The molecule has 2 aromatic carbocycles. The number of aliphatic hydroxyl groups is 1. The number of carbonyl (C=O) groups is 1. The highest BCUT2D eigenvalue weighted by Crippen LogP contribution is 2.36. The van der Waals surface area contributed by atoms with Crippen LogP contribution in [-0.4, -0.2) is 43.0 Å². The molecule has 6 heteroatoms. The van der Waals surface area contributed by atoms with Crippen LogP contribution >= 0.6 is 0 Å². The maximum Gasteiger partial charge on any atom is 0.254 e. The standard InChI is InChI=1S/C21H24FNO4/c1-14-11-18-19(20(27-13-26-2)17(14)8-10-24)12-23(21(18)25)9-7-15-3-5-16(22)6-4-15/h3-6,11,24H,7-10,12-13H2,1-2H3. The number of methoxy groups -OCH3 is 1. The number of amides is 1. The summed E-state index contributed by atoms with van der Waals surface area (Å²) in [5, 5.41) is 9.39. The number of aliphatic hydroxyl groups excluding tert-OH is 1. The molecule has 27 heavy (non-hydrogen) atoms. The smallest absolute Gasteiger partial charge is 0.254 e. The van der Waals surface area contributed by atoms with E-state index in [4.69, 9.17) is 9.47 Å². The Morgan fingerprint density at radius 1 is 1.22 bits per heavy atom. The molecule has 0 saturated heterocycles. The molecule has 0 unspecified atom stereocenters. The molecule has 3 rings (SSSR count). The Labute approximate surface area is 158 Å². The molecule has 0 aromatic heterocycles. The van der Waals surface area contributed by atoms with E-state index in [9.17, 15) is 14.3 Å². The van der Waals surface area contributed by atoms with Gasteiger partial charge in [-0.25, -0.2) is 4.39 Å². The second-order valence-electron chi connectivity index (χ2n) is 6.65. The molecule has 0 radical (unpaired) electrons. The van der Waals surface area contributed by atoms with Crippen molar-refractivity contribution in [3.63, 3.8) is 0 Å². The minimum atomic E-state index is -0.268. The average Bonchev–Trinajstić information content (AvgIpc) is 2.97. The molecule has 2 aromatic rings. The predicted octanol–water partition coefficient (Wildman–Crippen LogP) is 2.85. The number of nitrogens with zero attached hydrogens (tertiary/aromatic N) is 1. The lowest BCUT2D eigenvalue weighted by Gasteiger charge is -2.17. The SMILES string of the molecule is COCOc1c(CCO)c(C)cc2c1CN(CCc1ccc(F)cc1)C2=O. The third-order valence-electron chi connectivity index (χ3n) is 4.84. The van der Waals surface area contributed by atoms with E-state index in [-0.39, 0.29) is 25.1 Å². The number of rotatable bonds is 8. The van der Waals surface area contributed by atoms with Crippen molar-refractivity contribution in [2.24, 2.45) is 0 Å². The summed E-state index contributed by atoms with van der Waals surface area (Å²) in [6.45, 7) is 2.99. The number of benzene rings is 2. The molecule has 0 aliphatic carbocycles. The van der Waals surface area contributed by atoms with Crippen LogP contribution in [0.4, 0.5) is 4.39 Å². The largest absolute Gasteiger partial charge is 0.467 e. The third-order valence-corrected chi connectivity index (χ3v) is 4.84. The zero-order valence-electron chi connectivity index (χ0n) is 15.6. The van der Waals surface area contributed by atoms with Crippen molar-refractivity contribution in [1.29, 1.82) is 0 Å². The molecule has 0 fully saturated rings. The summed E-state index contributed by atoms with van der Waals surface area (Å²) >= 11 is 0. The normalized spacial score (nSPS) is 13.2. The highest BCUT2D eigenvalue weighted by molar-refractivity contribution is 5.99. The van der Waals surface area contributed by atoms with Crippen LogP contribution in [0.15, 0.2) is 30.3 Å². The van der Waals surface area contributed by atoms with Gasteiger partial charge in [-0.2, -0.15) is 0 Å². The molecule has 0 atom stereocenters. The Kier molecular flexibility index (Phi) is 6.08. The van der Waals surface area contributed by atoms with Gasteiger partial charge in [0.1, 0.15) is 11.6 Å². The van der Waals surface area contributed by atoms with E-state index >= 15 is 0 Å². The number of ether oxygens (including phenoxy) is 2. The highest BCUT2D eigenvalue weighted by atomic mass is 19.1. The molecular weight excluding hydrogens is 349 g/mol. The van der Waals surface area contributed by atoms with E-state index in [2.05, 4.69) is 0 Å². The molecule has 1 aliphatic heterocycles. The summed E-state index contributed by atoms with van der Waals surface area (Å²) in [6.07, 6.45) is 1.11. The van der Waals surface area contributed by atoms with Crippen LogP contribution in [0.25, 0.3) is 0 Å². The fraction of sp³-hybridized carbons (Fsp3) is 0.381. The number of carbonyl (C=O) groups excluding carboxylic acids is 1. The quantitative estimate of drug-likeness (QED) is 0.723. The van der Waals surface area contributed by atoms with Gasteiger partial charge in [-0.05, 0) is 54.7 Å². The van der Waals surface area contributed by atoms with Crippen LogP contribution in [-0.2, 0) is 24.1 Å². The van der Waals surface area contributed by atoms with Crippen molar-refractivity contribution in [2.75, 3.05) is 27.1 Å². The van der Waals surface area contributed by atoms with Crippen molar-refractivity contribution in [1.82, 2.24) is 4.90 Å². The van der Waals surface area contributed by atoms with Gasteiger partial charge in [0, 0.05) is 31.4 Å². The molecule has 1 N–H and O–H groups in total. The van der Waals surface area contributed by atoms with Crippen LogP contribution < -0.4 is 4.74 Å². The van der Waals surface area contributed by atoms with Crippen LogP contribution in [0.1, 0.15) is 32.6 Å². The number of hydrogen-bond acceptors (Lipinski definition) is 4. The van der Waals surface area contributed by atoms with E-state index < -0.39 is 0 Å². The summed E-state index contributed by atoms with van der Waals surface area (Å²) in [7, 11) is 1.54. The first kappa shape index (κ1) is 19.3. The van der Waals surface area contributed by atoms with E-state index in [1.165, 1.54) is 12.1 Å². The average molecular weight is 373 g/mol. The highest BCUT2D eigenvalue weighted by Gasteiger charge is 2.32. The number of hydrogen-bond donors (Lipinski definition) is 1. The van der Waals surface area contributed by atoms with Gasteiger partial charge in [-0.3, -0.25) is 4.79 Å². The molecule has 1 heterocycles. The number of fused-ring (bicyclic) bond motifs is 1. The van der Waals surface area contributed by atoms with E-state index in [0.717, 1.165) is 22.3 Å². The van der Waals surface area contributed by atoms with Gasteiger partial charge in [0.2, 0.25) is 0 Å². The molecule has 0 bridgehead atoms. The van der Waals surface area contributed by atoms with Gasteiger partial charge in [0.15, 0.2) is 6.79 Å². The first-order chi connectivity index (χ1) is 13.0. The Balaban J connectivity index is 1.83. The summed E-state index contributed by atoms with van der Waals surface area (Å²) in [4.78, 5) is 14.6. The number of halogens is 1. The van der Waals surface area contributed by atoms with Crippen LogP contribution in [0, 0.1) is 12.7 Å². The fourth-order valence-electron chi connectivity index (χ4n) is 3.47. The molecule has 1 amide bonds. The minimum absolute atomic E-state index is 0.00516. The third kappa shape index (κ3) is 4.12. The lowest BCUT2D eigenvalue weighted by atomic mass is 9.97. The number of aryl methyl sites for hydroxylation is 1. The fourth-order valence-corrected chi connectivity index (χ4v) is 3.47. The maximum absolute atomic E-state index is 13.0. The van der Waals surface area contributed by atoms with E-state index in [1.54, 1.807) is 24.1 Å². The Morgan fingerprint density at radius 3 is 2.63 bits per heavy atom. The van der Waals surface area contributed by atoms with Crippen LogP contribution in [0.3, 0.4) is 0 Å².